The number of aliphatic hydroxyl groups excluding tert-OH is 1. The number of carbonyl (C=O) groups is 1. The van der Waals surface area contributed by atoms with Crippen LogP contribution in [0.25, 0.3) is 11.0 Å². The molecular formula is C14H18F2N4O2. The van der Waals surface area contributed by atoms with Crippen molar-refractivity contribution in [2.24, 2.45) is 0 Å². The standard InChI is InChI=1S/C14H18F2N4O2/c1-2-9(21)5-6-17-14(22)18-8-3-4-10-11(7-8)20-13(19-10)12(15)16/h3-4,7,9,12,21H,2,5-6H2,1H3,(H,19,20)(H2,17,18,22). The van der Waals surface area contributed by atoms with Gasteiger partial charge in [0, 0.05) is 12.2 Å². The second-order valence-electron chi connectivity index (χ2n) is 4.89. The number of anilines is 1. The van der Waals surface area contributed by atoms with Crippen molar-refractivity contribution >= 4 is 22.8 Å². The summed E-state index contributed by atoms with van der Waals surface area (Å²) in [6.45, 7) is 2.21. The highest BCUT2D eigenvalue weighted by Crippen LogP contribution is 2.22. The van der Waals surface area contributed by atoms with Crippen molar-refractivity contribution in [1.29, 1.82) is 0 Å². The maximum atomic E-state index is 12.6. The Morgan fingerprint density at radius 2 is 2.23 bits per heavy atom. The van der Waals surface area contributed by atoms with Gasteiger partial charge >= 0.3 is 6.03 Å². The molecule has 1 atom stereocenters. The molecule has 120 valence electrons. The average Bonchev–Trinajstić information content (AvgIpc) is 2.90. The first-order chi connectivity index (χ1) is 10.5. The van der Waals surface area contributed by atoms with Crippen molar-refractivity contribution < 1.29 is 18.7 Å². The third kappa shape index (κ3) is 4.14. The van der Waals surface area contributed by atoms with Crippen LogP contribution in [0.3, 0.4) is 0 Å². The highest BCUT2D eigenvalue weighted by molar-refractivity contribution is 5.91. The Labute approximate surface area is 125 Å². The zero-order chi connectivity index (χ0) is 16.1. The normalized spacial score (nSPS) is 12.6. The molecule has 0 aliphatic rings. The van der Waals surface area contributed by atoms with E-state index < -0.39 is 24.4 Å². The predicted octanol–water partition coefficient (Wildman–Crippen LogP) is 2.78. The third-order valence-corrected chi connectivity index (χ3v) is 3.20. The van der Waals surface area contributed by atoms with E-state index in [0.29, 0.717) is 36.1 Å². The molecule has 0 saturated carbocycles. The second-order valence-corrected chi connectivity index (χ2v) is 4.89. The summed E-state index contributed by atoms with van der Waals surface area (Å²) < 4.78 is 25.1. The van der Waals surface area contributed by atoms with Gasteiger partial charge in [-0.1, -0.05) is 6.92 Å². The Balaban J connectivity index is 1.95. The molecule has 4 N–H and O–H groups in total. The first-order valence-electron chi connectivity index (χ1n) is 7.00. The minimum Gasteiger partial charge on any atom is -0.393 e. The number of halogens is 2. The molecule has 2 amide bonds. The fourth-order valence-corrected chi connectivity index (χ4v) is 1.94. The minimum absolute atomic E-state index is 0.350. The summed E-state index contributed by atoms with van der Waals surface area (Å²) in [6.07, 6.45) is -2.00. The smallest absolute Gasteiger partial charge is 0.319 e. The number of aliphatic hydroxyl groups is 1. The van der Waals surface area contributed by atoms with E-state index in [9.17, 15) is 18.7 Å². The van der Waals surface area contributed by atoms with Gasteiger partial charge in [-0.05, 0) is 31.0 Å². The molecule has 2 aromatic rings. The largest absolute Gasteiger partial charge is 0.393 e. The first-order valence-corrected chi connectivity index (χ1v) is 7.00. The lowest BCUT2D eigenvalue weighted by molar-refractivity contribution is 0.142. The molecule has 22 heavy (non-hydrogen) atoms. The summed E-state index contributed by atoms with van der Waals surface area (Å²) in [4.78, 5) is 17.9. The van der Waals surface area contributed by atoms with Crippen LogP contribution in [-0.4, -0.2) is 33.8 Å². The Bertz CT molecular complexity index is 645. The van der Waals surface area contributed by atoms with Crippen LogP contribution in [0.5, 0.6) is 0 Å². The van der Waals surface area contributed by atoms with E-state index in [4.69, 9.17) is 0 Å². The fraction of sp³-hybridized carbons (Fsp3) is 0.429. The monoisotopic (exact) mass is 312 g/mol. The van der Waals surface area contributed by atoms with Crippen LogP contribution in [0.15, 0.2) is 18.2 Å². The van der Waals surface area contributed by atoms with Crippen molar-refractivity contribution in [3.63, 3.8) is 0 Å². The summed E-state index contributed by atoms with van der Waals surface area (Å²) >= 11 is 0. The van der Waals surface area contributed by atoms with Gasteiger partial charge in [-0.2, -0.15) is 0 Å². The molecule has 8 heteroatoms. The van der Waals surface area contributed by atoms with Gasteiger partial charge in [0.1, 0.15) is 0 Å². The number of hydrogen-bond acceptors (Lipinski definition) is 3. The SMILES string of the molecule is CCC(O)CCNC(=O)Nc1ccc2nc(C(F)F)[nH]c2c1. The Kier molecular flexibility index (Phi) is 5.26. The van der Waals surface area contributed by atoms with Crippen LogP contribution in [-0.2, 0) is 0 Å². The number of benzene rings is 1. The first kappa shape index (κ1) is 16.2. The second kappa shape index (κ2) is 7.17. The molecule has 1 aromatic heterocycles. The van der Waals surface area contributed by atoms with Crippen LogP contribution in [0.4, 0.5) is 19.3 Å². The van der Waals surface area contributed by atoms with E-state index in [-0.39, 0.29) is 0 Å². The van der Waals surface area contributed by atoms with E-state index in [2.05, 4.69) is 20.6 Å². The zero-order valence-electron chi connectivity index (χ0n) is 12.1. The predicted molar refractivity (Wildman–Crippen MR) is 79.0 cm³/mol. The molecule has 0 fully saturated rings. The van der Waals surface area contributed by atoms with Gasteiger partial charge in [0.2, 0.25) is 0 Å². The number of alkyl halides is 2. The van der Waals surface area contributed by atoms with Crippen molar-refractivity contribution in [1.82, 2.24) is 15.3 Å². The van der Waals surface area contributed by atoms with Gasteiger partial charge < -0.3 is 20.7 Å². The highest BCUT2D eigenvalue weighted by Gasteiger charge is 2.13. The number of urea groups is 1. The van der Waals surface area contributed by atoms with Gasteiger partial charge in [-0.25, -0.2) is 18.6 Å². The molecule has 0 spiro atoms. The number of fused-ring (bicyclic) bond motifs is 1. The Hall–Kier alpha value is -2.22. The summed E-state index contributed by atoms with van der Waals surface area (Å²) in [7, 11) is 0. The van der Waals surface area contributed by atoms with Crippen molar-refractivity contribution in [2.75, 3.05) is 11.9 Å². The fourth-order valence-electron chi connectivity index (χ4n) is 1.94. The topological polar surface area (TPSA) is 90.0 Å². The number of amides is 2. The maximum absolute atomic E-state index is 12.6. The molecule has 2 rings (SSSR count). The van der Waals surface area contributed by atoms with Crippen LogP contribution < -0.4 is 10.6 Å². The lowest BCUT2D eigenvalue weighted by atomic mass is 10.2. The molecule has 0 bridgehead atoms. The summed E-state index contributed by atoms with van der Waals surface area (Å²) in [5.74, 6) is -0.398. The Morgan fingerprint density at radius 3 is 2.91 bits per heavy atom. The van der Waals surface area contributed by atoms with Crippen molar-refractivity contribution in [2.45, 2.75) is 32.3 Å². The minimum atomic E-state index is -2.67. The van der Waals surface area contributed by atoms with Gasteiger partial charge in [-0.3, -0.25) is 0 Å². The lowest BCUT2D eigenvalue weighted by Crippen LogP contribution is -2.31. The molecule has 6 nitrogen and oxygen atoms in total. The van der Waals surface area contributed by atoms with E-state index in [1.54, 1.807) is 12.1 Å². The molecule has 1 heterocycles. The highest BCUT2D eigenvalue weighted by atomic mass is 19.3. The van der Waals surface area contributed by atoms with Crippen LogP contribution in [0.2, 0.25) is 0 Å². The van der Waals surface area contributed by atoms with E-state index >= 15 is 0 Å². The molecule has 0 radical (unpaired) electrons. The maximum Gasteiger partial charge on any atom is 0.319 e. The lowest BCUT2D eigenvalue weighted by Gasteiger charge is -2.10. The van der Waals surface area contributed by atoms with Crippen LogP contribution in [0.1, 0.15) is 32.0 Å². The molecule has 1 aromatic carbocycles. The number of H-pyrrole nitrogens is 1. The van der Waals surface area contributed by atoms with Crippen LogP contribution in [0, 0.1) is 0 Å². The average molecular weight is 312 g/mol. The summed E-state index contributed by atoms with van der Waals surface area (Å²) in [6, 6.07) is 4.25. The van der Waals surface area contributed by atoms with E-state index in [0.717, 1.165) is 0 Å². The number of carbonyl (C=O) groups excluding carboxylic acids is 1. The van der Waals surface area contributed by atoms with E-state index in [1.807, 2.05) is 6.92 Å². The number of imidazole rings is 1. The third-order valence-electron chi connectivity index (χ3n) is 3.20. The van der Waals surface area contributed by atoms with Crippen LogP contribution >= 0.6 is 0 Å². The number of hydrogen-bond donors (Lipinski definition) is 4. The van der Waals surface area contributed by atoms with E-state index in [1.165, 1.54) is 6.07 Å². The number of aromatic amines is 1. The number of nitrogens with zero attached hydrogens (tertiary/aromatic N) is 1. The van der Waals surface area contributed by atoms with Gasteiger partial charge in [0.25, 0.3) is 6.43 Å². The molecule has 0 aliphatic carbocycles. The number of rotatable bonds is 6. The molecule has 0 saturated heterocycles. The Morgan fingerprint density at radius 1 is 1.45 bits per heavy atom. The molecule has 1 unspecified atom stereocenters. The zero-order valence-corrected chi connectivity index (χ0v) is 12.1. The summed E-state index contributed by atoms with van der Waals surface area (Å²) in [5.41, 5.74) is 1.30. The quantitative estimate of drug-likeness (QED) is 0.661. The molecule has 0 aliphatic heterocycles. The van der Waals surface area contributed by atoms with Gasteiger partial charge in [0.05, 0.1) is 17.1 Å². The van der Waals surface area contributed by atoms with Crippen molar-refractivity contribution in [3.05, 3.63) is 24.0 Å². The van der Waals surface area contributed by atoms with Gasteiger partial charge in [0.15, 0.2) is 5.82 Å². The number of nitrogens with one attached hydrogen (secondary N) is 3. The number of aromatic nitrogens is 2. The van der Waals surface area contributed by atoms with Gasteiger partial charge in [-0.15, -0.1) is 0 Å². The van der Waals surface area contributed by atoms with Crippen molar-refractivity contribution in [3.8, 4) is 0 Å². The molecular weight excluding hydrogens is 294 g/mol. The summed E-state index contributed by atoms with van der Waals surface area (Å²) in [5, 5.41) is 14.6.